The molecule has 1 saturated heterocycles. The van der Waals surface area contributed by atoms with E-state index in [4.69, 9.17) is 4.84 Å². The second-order valence-corrected chi connectivity index (χ2v) is 2.81. The summed E-state index contributed by atoms with van der Waals surface area (Å²) in [7, 11) is 1.96. The van der Waals surface area contributed by atoms with Crippen molar-refractivity contribution in [2.75, 3.05) is 26.7 Å². The van der Waals surface area contributed by atoms with Crippen molar-refractivity contribution in [3.8, 4) is 0 Å². The highest BCUT2D eigenvalue weighted by molar-refractivity contribution is 5.91. The van der Waals surface area contributed by atoms with Gasteiger partial charge in [0.25, 0.3) is 0 Å². The van der Waals surface area contributed by atoms with Crippen LogP contribution in [0.1, 0.15) is 13.3 Å². The number of hydrogen-bond acceptors (Lipinski definition) is 4. The Kier molecular flexibility index (Phi) is 11.2. The van der Waals surface area contributed by atoms with Gasteiger partial charge in [0, 0.05) is 6.54 Å². The lowest BCUT2D eigenvalue weighted by Gasteiger charge is -2.23. The topological polar surface area (TPSA) is 45.6 Å². The molecule has 0 saturated carbocycles. The normalized spacial score (nSPS) is 23.6. The fraction of sp³-hybridized carbons (Fsp3) is 0.875. The largest absolute Gasteiger partial charge is 0.396 e. The third-order valence-electron chi connectivity index (χ3n) is 1.98. The molecule has 1 aliphatic heterocycles. The lowest BCUT2D eigenvalue weighted by molar-refractivity contribution is 0.156. The summed E-state index contributed by atoms with van der Waals surface area (Å²) in [5, 5.41) is 10.5. The van der Waals surface area contributed by atoms with Gasteiger partial charge in [0.15, 0.2) is 0 Å². The van der Waals surface area contributed by atoms with Crippen molar-refractivity contribution in [2.45, 2.75) is 19.4 Å². The Labute approximate surface area is 97.7 Å². The van der Waals surface area contributed by atoms with E-state index in [1.807, 2.05) is 14.0 Å². The Hall–Kier alpha value is -0.0300. The first-order valence-corrected chi connectivity index (χ1v) is 4.45. The van der Waals surface area contributed by atoms with E-state index >= 15 is 0 Å². The predicted octanol–water partition coefficient (Wildman–Crippen LogP) is 0.804. The molecule has 1 unspecified atom stereocenters. The summed E-state index contributed by atoms with van der Waals surface area (Å²) in [6.07, 6.45) is 1.09. The molecular formula is C8H19Cl2N3O. The summed E-state index contributed by atoms with van der Waals surface area (Å²) in [5.41, 5.74) is 1.07. The molecule has 4 nitrogen and oxygen atoms in total. The quantitative estimate of drug-likeness (QED) is 0.722. The minimum Gasteiger partial charge on any atom is -0.396 e. The van der Waals surface area contributed by atoms with Gasteiger partial charge in [0.1, 0.15) is 6.61 Å². The number of piperidine rings is 1. The molecule has 1 rings (SSSR count). The van der Waals surface area contributed by atoms with Gasteiger partial charge in [-0.25, -0.2) is 0 Å². The van der Waals surface area contributed by atoms with Crippen LogP contribution in [0.4, 0.5) is 0 Å². The summed E-state index contributed by atoms with van der Waals surface area (Å²) in [6, 6.07) is 0.387. The monoisotopic (exact) mass is 243 g/mol. The lowest BCUT2D eigenvalue weighted by Crippen LogP contribution is -2.47. The first-order valence-electron chi connectivity index (χ1n) is 4.45. The fourth-order valence-corrected chi connectivity index (χ4v) is 1.31. The Balaban J connectivity index is 0. The zero-order chi connectivity index (χ0) is 8.81. The van der Waals surface area contributed by atoms with Crippen LogP contribution in [0.15, 0.2) is 5.16 Å². The first-order chi connectivity index (χ1) is 5.88. The van der Waals surface area contributed by atoms with Crippen molar-refractivity contribution >= 4 is 30.5 Å². The molecule has 0 bridgehead atoms. The minimum absolute atomic E-state index is 0. The van der Waals surface area contributed by atoms with Gasteiger partial charge in [-0.1, -0.05) is 5.16 Å². The molecule has 0 aromatic heterocycles. The third kappa shape index (κ3) is 5.00. The zero-order valence-electron chi connectivity index (χ0n) is 8.58. The smallest absolute Gasteiger partial charge is 0.114 e. The molecule has 1 heterocycles. The van der Waals surface area contributed by atoms with Crippen molar-refractivity contribution in [1.29, 1.82) is 0 Å². The number of oxime groups is 1. The molecule has 0 spiro atoms. The van der Waals surface area contributed by atoms with Crippen LogP contribution in [-0.4, -0.2) is 38.5 Å². The van der Waals surface area contributed by atoms with Crippen LogP contribution in [0, 0.1) is 0 Å². The number of hydrogen-bond donors (Lipinski definition) is 2. The minimum atomic E-state index is 0. The van der Waals surface area contributed by atoms with E-state index in [9.17, 15) is 0 Å². The van der Waals surface area contributed by atoms with Gasteiger partial charge >= 0.3 is 0 Å². The first kappa shape index (κ1) is 16.4. The number of nitrogens with zero attached hydrogens (tertiary/aromatic N) is 1. The Morgan fingerprint density at radius 2 is 2.29 bits per heavy atom. The van der Waals surface area contributed by atoms with E-state index in [1.54, 1.807) is 0 Å². The molecule has 1 aliphatic rings. The standard InChI is InChI=1S/C8H17N3O.2ClH/c1-3-12-11-8-6-10-5-4-7(8)9-2;;/h7,9-10H,3-6H2,1-2H3;2*1H/b11-8+;;. The number of rotatable bonds is 3. The highest BCUT2D eigenvalue weighted by Crippen LogP contribution is 2.00. The van der Waals surface area contributed by atoms with Crippen molar-refractivity contribution in [1.82, 2.24) is 10.6 Å². The summed E-state index contributed by atoms with van der Waals surface area (Å²) in [6.45, 7) is 4.47. The van der Waals surface area contributed by atoms with Gasteiger partial charge in [-0.15, -0.1) is 24.8 Å². The molecule has 0 aromatic rings. The van der Waals surface area contributed by atoms with E-state index in [1.165, 1.54) is 0 Å². The van der Waals surface area contributed by atoms with Gasteiger partial charge in [-0.3, -0.25) is 0 Å². The van der Waals surface area contributed by atoms with Crippen molar-refractivity contribution in [3.63, 3.8) is 0 Å². The van der Waals surface area contributed by atoms with Crippen LogP contribution in [0.25, 0.3) is 0 Å². The van der Waals surface area contributed by atoms with Gasteiger partial charge in [0.05, 0.1) is 11.8 Å². The van der Waals surface area contributed by atoms with Gasteiger partial charge in [-0.2, -0.15) is 0 Å². The molecule has 0 amide bonds. The molecular weight excluding hydrogens is 225 g/mol. The third-order valence-corrected chi connectivity index (χ3v) is 1.98. The molecule has 1 fully saturated rings. The molecule has 1 atom stereocenters. The van der Waals surface area contributed by atoms with E-state index in [0.29, 0.717) is 12.6 Å². The zero-order valence-corrected chi connectivity index (χ0v) is 10.2. The van der Waals surface area contributed by atoms with E-state index in [-0.39, 0.29) is 24.8 Å². The number of halogens is 2. The van der Waals surface area contributed by atoms with Crippen LogP contribution in [0.2, 0.25) is 0 Å². The second-order valence-electron chi connectivity index (χ2n) is 2.81. The number of nitrogens with one attached hydrogen (secondary N) is 2. The van der Waals surface area contributed by atoms with Gasteiger partial charge < -0.3 is 15.5 Å². The van der Waals surface area contributed by atoms with Crippen LogP contribution in [0.3, 0.4) is 0 Å². The van der Waals surface area contributed by atoms with Crippen LogP contribution in [0.5, 0.6) is 0 Å². The average Bonchev–Trinajstić information content (AvgIpc) is 2.15. The van der Waals surface area contributed by atoms with Crippen molar-refractivity contribution in [2.24, 2.45) is 5.16 Å². The molecule has 0 radical (unpaired) electrons. The molecule has 14 heavy (non-hydrogen) atoms. The van der Waals surface area contributed by atoms with E-state index in [0.717, 1.165) is 25.2 Å². The average molecular weight is 244 g/mol. The van der Waals surface area contributed by atoms with Crippen LogP contribution < -0.4 is 10.6 Å². The van der Waals surface area contributed by atoms with Crippen LogP contribution in [-0.2, 0) is 4.84 Å². The maximum absolute atomic E-state index is 5.01. The SMILES string of the molecule is CCO/N=C1\CNCCC1NC.Cl.Cl. The summed E-state index contributed by atoms with van der Waals surface area (Å²) < 4.78 is 0. The van der Waals surface area contributed by atoms with E-state index in [2.05, 4.69) is 15.8 Å². The molecule has 86 valence electrons. The molecule has 6 heteroatoms. The molecule has 0 aromatic carbocycles. The highest BCUT2D eigenvalue weighted by atomic mass is 35.5. The second kappa shape index (κ2) is 9.52. The summed E-state index contributed by atoms with van der Waals surface area (Å²) >= 11 is 0. The molecule has 0 aliphatic carbocycles. The van der Waals surface area contributed by atoms with Crippen molar-refractivity contribution < 1.29 is 4.84 Å². The maximum Gasteiger partial charge on any atom is 0.114 e. The Morgan fingerprint density at radius 3 is 2.86 bits per heavy atom. The Morgan fingerprint density at radius 1 is 1.57 bits per heavy atom. The lowest BCUT2D eigenvalue weighted by atomic mass is 10.1. The summed E-state index contributed by atoms with van der Waals surface area (Å²) in [5.74, 6) is 0. The highest BCUT2D eigenvalue weighted by Gasteiger charge is 2.18. The van der Waals surface area contributed by atoms with Gasteiger partial charge in [0.2, 0.25) is 0 Å². The predicted molar refractivity (Wildman–Crippen MR) is 63.9 cm³/mol. The van der Waals surface area contributed by atoms with Crippen LogP contribution >= 0.6 is 24.8 Å². The van der Waals surface area contributed by atoms with E-state index < -0.39 is 0 Å². The summed E-state index contributed by atoms with van der Waals surface area (Å²) in [4.78, 5) is 5.01. The Bertz CT molecular complexity index is 167. The fourth-order valence-electron chi connectivity index (χ4n) is 1.31. The molecule has 2 N–H and O–H groups in total. The van der Waals surface area contributed by atoms with Gasteiger partial charge in [-0.05, 0) is 26.9 Å². The maximum atomic E-state index is 5.01. The van der Waals surface area contributed by atoms with Crippen molar-refractivity contribution in [3.05, 3.63) is 0 Å².